The van der Waals surface area contributed by atoms with Gasteiger partial charge in [0, 0.05) is 6.04 Å². The van der Waals surface area contributed by atoms with Crippen LogP contribution in [0.1, 0.15) is 19.1 Å². The molecule has 0 aromatic carbocycles. The van der Waals surface area contributed by atoms with Crippen LogP contribution in [-0.4, -0.2) is 18.1 Å². The Morgan fingerprint density at radius 3 is 2.93 bits per heavy atom. The number of rotatable bonds is 6. The van der Waals surface area contributed by atoms with Crippen molar-refractivity contribution in [1.82, 2.24) is 5.32 Å². The van der Waals surface area contributed by atoms with Gasteiger partial charge in [0.25, 0.3) is 0 Å². The highest BCUT2D eigenvalue weighted by molar-refractivity contribution is 7.98. The first-order valence-corrected chi connectivity index (χ1v) is 6.46. The molecule has 80 valence electrons. The van der Waals surface area contributed by atoms with Crippen molar-refractivity contribution < 1.29 is 4.42 Å². The topological polar surface area (TPSA) is 25.2 Å². The van der Waals surface area contributed by atoms with Crippen molar-refractivity contribution in [2.75, 3.05) is 12.0 Å². The monoisotopic (exact) mass is 233 g/mol. The molecule has 0 fully saturated rings. The van der Waals surface area contributed by atoms with Crippen molar-refractivity contribution in [2.45, 2.75) is 25.9 Å². The van der Waals surface area contributed by atoms with E-state index in [2.05, 4.69) is 18.5 Å². The van der Waals surface area contributed by atoms with E-state index in [1.165, 1.54) is 12.2 Å². The molecule has 1 rings (SSSR count). The van der Waals surface area contributed by atoms with E-state index in [-0.39, 0.29) is 0 Å². The zero-order chi connectivity index (χ0) is 10.4. The lowest BCUT2D eigenvalue weighted by molar-refractivity contribution is 0.452. The third kappa shape index (κ3) is 4.40. The summed E-state index contributed by atoms with van der Waals surface area (Å²) >= 11 is 7.53. The quantitative estimate of drug-likeness (QED) is 0.817. The highest BCUT2D eigenvalue weighted by atomic mass is 35.5. The van der Waals surface area contributed by atoms with Crippen LogP contribution in [0, 0.1) is 0 Å². The van der Waals surface area contributed by atoms with Crippen LogP contribution in [0.3, 0.4) is 0 Å². The van der Waals surface area contributed by atoms with Gasteiger partial charge in [-0.15, -0.1) is 0 Å². The predicted molar refractivity (Wildman–Crippen MR) is 63.0 cm³/mol. The summed E-state index contributed by atoms with van der Waals surface area (Å²) in [6, 6.07) is 4.19. The predicted octanol–water partition coefficient (Wildman–Crippen LogP) is 3.16. The molecule has 0 saturated carbocycles. The first kappa shape index (κ1) is 12.0. The first-order valence-electron chi connectivity index (χ1n) is 4.69. The lowest BCUT2D eigenvalue weighted by atomic mass is 10.2. The van der Waals surface area contributed by atoms with Crippen LogP contribution in [0.2, 0.25) is 5.22 Å². The van der Waals surface area contributed by atoms with E-state index in [0.29, 0.717) is 11.3 Å². The van der Waals surface area contributed by atoms with Gasteiger partial charge in [-0.3, -0.25) is 0 Å². The molecule has 1 aromatic rings. The molecule has 0 aliphatic heterocycles. The van der Waals surface area contributed by atoms with Gasteiger partial charge in [0.1, 0.15) is 5.76 Å². The van der Waals surface area contributed by atoms with Gasteiger partial charge in [-0.2, -0.15) is 11.8 Å². The van der Waals surface area contributed by atoms with Crippen LogP contribution in [-0.2, 0) is 6.54 Å². The van der Waals surface area contributed by atoms with Crippen molar-refractivity contribution in [3.8, 4) is 0 Å². The van der Waals surface area contributed by atoms with Gasteiger partial charge in [-0.25, -0.2) is 0 Å². The molecule has 4 heteroatoms. The summed E-state index contributed by atoms with van der Waals surface area (Å²) in [7, 11) is 0. The molecule has 1 unspecified atom stereocenters. The molecule has 0 amide bonds. The molecule has 14 heavy (non-hydrogen) atoms. The van der Waals surface area contributed by atoms with E-state index in [9.17, 15) is 0 Å². The largest absolute Gasteiger partial charge is 0.448 e. The third-order valence-corrected chi connectivity index (χ3v) is 2.86. The van der Waals surface area contributed by atoms with Crippen LogP contribution >= 0.6 is 23.4 Å². The van der Waals surface area contributed by atoms with E-state index < -0.39 is 0 Å². The summed E-state index contributed by atoms with van der Waals surface area (Å²) in [4.78, 5) is 0. The molecule has 0 spiro atoms. The Balaban J connectivity index is 2.20. The van der Waals surface area contributed by atoms with Crippen LogP contribution in [0.4, 0.5) is 0 Å². The number of thioether (sulfide) groups is 1. The van der Waals surface area contributed by atoms with Gasteiger partial charge in [0.05, 0.1) is 6.54 Å². The second-order valence-corrected chi connectivity index (χ2v) is 4.63. The first-order chi connectivity index (χ1) is 6.72. The number of furan rings is 1. The third-order valence-electron chi connectivity index (χ3n) is 2.01. The summed E-state index contributed by atoms with van der Waals surface area (Å²) in [5, 5.41) is 3.84. The van der Waals surface area contributed by atoms with E-state index in [1.54, 1.807) is 6.07 Å². The zero-order valence-corrected chi connectivity index (χ0v) is 10.1. The van der Waals surface area contributed by atoms with E-state index >= 15 is 0 Å². The van der Waals surface area contributed by atoms with E-state index in [4.69, 9.17) is 16.0 Å². The minimum absolute atomic E-state index is 0.457. The van der Waals surface area contributed by atoms with E-state index in [1.807, 2.05) is 17.8 Å². The highest BCUT2D eigenvalue weighted by Crippen LogP contribution is 2.13. The van der Waals surface area contributed by atoms with Crippen molar-refractivity contribution >= 4 is 23.4 Å². The average Bonchev–Trinajstić information content (AvgIpc) is 2.58. The summed E-state index contributed by atoms with van der Waals surface area (Å²) in [5.74, 6) is 2.08. The number of hydrogen-bond acceptors (Lipinski definition) is 3. The van der Waals surface area contributed by atoms with Crippen molar-refractivity contribution in [2.24, 2.45) is 0 Å². The lowest BCUT2D eigenvalue weighted by Gasteiger charge is -2.11. The maximum Gasteiger partial charge on any atom is 0.193 e. The molecule has 1 N–H and O–H groups in total. The van der Waals surface area contributed by atoms with E-state index in [0.717, 1.165) is 12.3 Å². The van der Waals surface area contributed by atoms with Crippen LogP contribution in [0.25, 0.3) is 0 Å². The van der Waals surface area contributed by atoms with Gasteiger partial charge in [-0.05, 0) is 49.1 Å². The second kappa shape index (κ2) is 6.38. The van der Waals surface area contributed by atoms with Gasteiger partial charge < -0.3 is 9.73 Å². The maximum atomic E-state index is 5.66. The Morgan fingerprint density at radius 1 is 1.57 bits per heavy atom. The second-order valence-electron chi connectivity index (χ2n) is 3.27. The SMILES string of the molecule is CSCCC(C)NCc1ccc(Cl)o1. The van der Waals surface area contributed by atoms with Crippen molar-refractivity contribution in [1.29, 1.82) is 0 Å². The highest BCUT2D eigenvalue weighted by Gasteiger charge is 2.03. The lowest BCUT2D eigenvalue weighted by Crippen LogP contribution is -2.25. The summed E-state index contributed by atoms with van der Waals surface area (Å²) < 4.78 is 5.24. The summed E-state index contributed by atoms with van der Waals surface area (Å²) in [6.45, 7) is 2.93. The molecular formula is C10H16ClNOS. The molecule has 0 radical (unpaired) electrons. The molecule has 1 heterocycles. The fourth-order valence-corrected chi connectivity index (χ4v) is 1.87. The van der Waals surface area contributed by atoms with Gasteiger partial charge in [-0.1, -0.05) is 0 Å². The minimum atomic E-state index is 0.457. The molecule has 1 aromatic heterocycles. The maximum absolute atomic E-state index is 5.66. The zero-order valence-electron chi connectivity index (χ0n) is 8.55. The number of hydrogen-bond donors (Lipinski definition) is 1. The fraction of sp³-hybridized carbons (Fsp3) is 0.600. The minimum Gasteiger partial charge on any atom is -0.448 e. The molecule has 0 aliphatic rings. The Hall–Kier alpha value is -0.120. The van der Waals surface area contributed by atoms with Gasteiger partial charge >= 0.3 is 0 Å². The molecule has 1 atom stereocenters. The van der Waals surface area contributed by atoms with Crippen molar-refractivity contribution in [3.05, 3.63) is 23.1 Å². The number of halogens is 1. The Bertz CT molecular complexity index is 264. The Kier molecular flexibility index (Phi) is 5.45. The molecule has 0 aliphatic carbocycles. The van der Waals surface area contributed by atoms with Crippen LogP contribution < -0.4 is 5.32 Å². The Morgan fingerprint density at radius 2 is 2.36 bits per heavy atom. The average molecular weight is 234 g/mol. The summed E-state index contributed by atoms with van der Waals surface area (Å²) in [6.07, 6.45) is 3.30. The van der Waals surface area contributed by atoms with Gasteiger partial charge in [0.15, 0.2) is 5.22 Å². The molecular weight excluding hydrogens is 218 g/mol. The normalized spacial score (nSPS) is 13.1. The van der Waals surface area contributed by atoms with Crippen LogP contribution in [0.5, 0.6) is 0 Å². The fourth-order valence-electron chi connectivity index (χ4n) is 1.12. The number of nitrogens with one attached hydrogen (secondary N) is 1. The molecule has 0 saturated heterocycles. The molecule has 0 bridgehead atoms. The standard InChI is InChI=1S/C10H16ClNOS/c1-8(5-6-14-2)12-7-9-3-4-10(11)13-9/h3-4,8,12H,5-7H2,1-2H3. The van der Waals surface area contributed by atoms with Crippen LogP contribution in [0.15, 0.2) is 16.5 Å². The van der Waals surface area contributed by atoms with Gasteiger partial charge in [0.2, 0.25) is 0 Å². The smallest absolute Gasteiger partial charge is 0.193 e. The van der Waals surface area contributed by atoms with Crippen molar-refractivity contribution in [3.63, 3.8) is 0 Å². The molecule has 2 nitrogen and oxygen atoms in total. The Labute approximate surface area is 94.4 Å². The summed E-state index contributed by atoms with van der Waals surface area (Å²) in [5.41, 5.74) is 0.